The molecule has 0 aliphatic heterocycles. The molecule has 0 spiro atoms. The molecule has 2 rings (SSSR count). The van der Waals surface area contributed by atoms with Gasteiger partial charge in [-0.05, 0) is 30.7 Å². The van der Waals surface area contributed by atoms with E-state index < -0.39 is 0 Å². The molecule has 0 bridgehead atoms. The molecule has 78 valence electrons. The number of nitriles is 1. The van der Waals surface area contributed by atoms with Crippen molar-refractivity contribution in [3.8, 4) is 17.3 Å². The molecular formula is C12H9N3S. The Hall–Kier alpha value is -1.99. The van der Waals surface area contributed by atoms with Crippen LogP contribution in [0, 0.1) is 22.9 Å². The lowest BCUT2D eigenvalue weighted by Crippen LogP contribution is -1.91. The van der Waals surface area contributed by atoms with E-state index in [0.717, 1.165) is 16.8 Å². The maximum absolute atomic E-state index is 8.91. The molecule has 3 nitrogen and oxygen atoms in total. The van der Waals surface area contributed by atoms with Crippen molar-refractivity contribution in [2.45, 2.75) is 6.92 Å². The highest BCUT2D eigenvalue weighted by Gasteiger charge is 2.04. The van der Waals surface area contributed by atoms with Gasteiger partial charge in [0.25, 0.3) is 0 Å². The predicted octanol–water partition coefficient (Wildman–Crippen LogP) is 2.99. The van der Waals surface area contributed by atoms with Crippen LogP contribution < -0.4 is 0 Å². The van der Waals surface area contributed by atoms with Gasteiger partial charge in [0.2, 0.25) is 0 Å². The number of aromatic nitrogens is 2. The predicted molar refractivity (Wildman–Crippen MR) is 64.3 cm³/mol. The van der Waals surface area contributed by atoms with Crippen molar-refractivity contribution >= 4 is 12.2 Å². The quantitative estimate of drug-likeness (QED) is 0.762. The molecule has 16 heavy (non-hydrogen) atoms. The standard InChI is InChI=1S/C12H9N3S/c1-8-5-11(9-3-2-4-14-7-9)15-12(16)10(8)6-13/h2-5,7H,1H3,(H,15,16). The van der Waals surface area contributed by atoms with E-state index in [4.69, 9.17) is 17.5 Å². The van der Waals surface area contributed by atoms with Gasteiger partial charge in [0.15, 0.2) is 0 Å². The first kappa shape index (κ1) is 10.5. The first-order valence-corrected chi connectivity index (χ1v) is 5.17. The number of H-pyrrole nitrogens is 1. The highest BCUT2D eigenvalue weighted by molar-refractivity contribution is 7.71. The Morgan fingerprint density at radius 2 is 2.31 bits per heavy atom. The van der Waals surface area contributed by atoms with Crippen LogP contribution in [0.15, 0.2) is 30.6 Å². The summed E-state index contributed by atoms with van der Waals surface area (Å²) < 4.78 is 0.473. The third-order valence-electron chi connectivity index (χ3n) is 2.31. The number of pyridine rings is 2. The van der Waals surface area contributed by atoms with Crippen LogP contribution in [0.4, 0.5) is 0 Å². The van der Waals surface area contributed by atoms with Gasteiger partial charge in [0.1, 0.15) is 10.7 Å². The van der Waals surface area contributed by atoms with Crippen molar-refractivity contribution in [1.82, 2.24) is 9.97 Å². The smallest absolute Gasteiger partial charge is 0.121 e. The summed E-state index contributed by atoms with van der Waals surface area (Å²) in [5.74, 6) is 0. The van der Waals surface area contributed by atoms with Gasteiger partial charge in [-0.15, -0.1) is 0 Å². The van der Waals surface area contributed by atoms with Gasteiger partial charge < -0.3 is 4.98 Å². The summed E-state index contributed by atoms with van der Waals surface area (Å²) in [6.07, 6.45) is 3.47. The molecular weight excluding hydrogens is 218 g/mol. The minimum atomic E-state index is 0.473. The summed E-state index contributed by atoms with van der Waals surface area (Å²) in [5.41, 5.74) is 3.25. The van der Waals surface area contributed by atoms with Crippen LogP contribution >= 0.6 is 12.2 Å². The molecule has 0 saturated heterocycles. The van der Waals surface area contributed by atoms with Gasteiger partial charge in [-0.25, -0.2) is 0 Å². The molecule has 0 unspecified atom stereocenters. The zero-order chi connectivity index (χ0) is 11.5. The Morgan fingerprint density at radius 1 is 1.50 bits per heavy atom. The molecule has 0 atom stereocenters. The van der Waals surface area contributed by atoms with E-state index in [2.05, 4.69) is 16.0 Å². The van der Waals surface area contributed by atoms with Gasteiger partial charge in [0.05, 0.1) is 5.56 Å². The van der Waals surface area contributed by atoms with Crippen LogP contribution in [-0.4, -0.2) is 9.97 Å². The van der Waals surface area contributed by atoms with E-state index >= 15 is 0 Å². The second-order valence-corrected chi connectivity index (χ2v) is 3.83. The number of nitrogens with one attached hydrogen (secondary N) is 1. The molecule has 2 aromatic heterocycles. The van der Waals surface area contributed by atoms with Crippen LogP contribution in [0.5, 0.6) is 0 Å². The van der Waals surface area contributed by atoms with Crippen LogP contribution in [0.1, 0.15) is 11.1 Å². The third-order valence-corrected chi connectivity index (χ3v) is 2.62. The van der Waals surface area contributed by atoms with E-state index in [-0.39, 0.29) is 0 Å². The van der Waals surface area contributed by atoms with Crippen molar-refractivity contribution in [2.24, 2.45) is 0 Å². The molecule has 2 heterocycles. The highest BCUT2D eigenvalue weighted by Crippen LogP contribution is 2.19. The van der Waals surface area contributed by atoms with E-state index in [9.17, 15) is 0 Å². The SMILES string of the molecule is Cc1cc(-c2cccnc2)[nH]c(=S)c1C#N. The number of hydrogen-bond acceptors (Lipinski definition) is 3. The van der Waals surface area contributed by atoms with E-state index in [1.165, 1.54) is 0 Å². The number of aromatic amines is 1. The summed E-state index contributed by atoms with van der Waals surface area (Å²) in [7, 11) is 0. The third kappa shape index (κ3) is 1.86. The number of rotatable bonds is 1. The van der Waals surface area contributed by atoms with Crippen molar-refractivity contribution in [3.05, 3.63) is 46.4 Å². The second kappa shape index (κ2) is 4.25. The minimum Gasteiger partial charge on any atom is -0.345 e. The molecule has 2 aromatic rings. The minimum absolute atomic E-state index is 0.473. The number of nitrogens with zero attached hydrogens (tertiary/aromatic N) is 2. The molecule has 0 fully saturated rings. The molecule has 0 radical (unpaired) electrons. The Morgan fingerprint density at radius 3 is 2.88 bits per heavy atom. The summed E-state index contributed by atoms with van der Waals surface area (Å²) in [6.45, 7) is 1.88. The molecule has 0 amide bonds. The Bertz CT molecular complexity index is 608. The summed E-state index contributed by atoms with van der Waals surface area (Å²) >= 11 is 5.13. The van der Waals surface area contributed by atoms with Gasteiger partial charge in [-0.2, -0.15) is 5.26 Å². The molecule has 0 aromatic carbocycles. The molecule has 0 saturated carbocycles. The lowest BCUT2D eigenvalue weighted by Gasteiger charge is -2.04. The Labute approximate surface area is 98.4 Å². The van der Waals surface area contributed by atoms with Gasteiger partial charge in [-0.1, -0.05) is 12.2 Å². The highest BCUT2D eigenvalue weighted by atomic mass is 32.1. The van der Waals surface area contributed by atoms with Crippen molar-refractivity contribution in [3.63, 3.8) is 0 Å². The fourth-order valence-corrected chi connectivity index (χ4v) is 1.82. The summed E-state index contributed by atoms with van der Waals surface area (Å²) in [6, 6.07) is 7.80. The molecule has 0 aliphatic rings. The van der Waals surface area contributed by atoms with Crippen LogP contribution in [0.3, 0.4) is 0 Å². The van der Waals surface area contributed by atoms with E-state index in [0.29, 0.717) is 10.2 Å². The Balaban J connectivity index is 2.63. The topological polar surface area (TPSA) is 52.5 Å². The summed E-state index contributed by atoms with van der Waals surface area (Å²) in [5, 5.41) is 8.91. The van der Waals surface area contributed by atoms with Crippen LogP contribution in [0.2, 0.25) is 0 Å². The number of hydrogen-bond donors (Lipinski definition) is 1. The van der Waals surface area contributed by atoms with Crippen molar-refractivity contribution in [1.29, 1.82) is 5.26 Å². The fourth-order valence-electron chi connectivity index (χ4n) is 1.51. The average Bonchev–Trinajstić information content (AvgIpc) is 2.30. The normalized spacial score (nSPS) is 9.75. The van der Waals surface area contributed by atoms with E-state index in [1.54, 1.807) is 12.4 Å². The molecule has 4 heteroatoms. The van der Waals surface area contributed by atoms with Crippen LogP contribution in [0.25, 0.3) is 11.3 Å². The zero-order valence-corrected chi connectivity index (χ0v) is 9.51. The monoisotopic (exact) mass is 227 g/mol. The van der Waals surface area contributed by atoms with Crippen LogP contribution in [-0.2, 0) is 0 Å². The average molecular weight is 227 g/mol. The largest absolute Gasteiger partial charge is 0.345 e. The van der Waals surface area contributed by atoms with E-state index in [1.807, 2.05) is 25.1 Å². The molecule has 0 aliphatic carbocycles. The maximum atomic E-state index is 8.91. The van der Waals surface area contributed by atoms with Crippen molar-refractivity contribution < 1.29 is 0 Å². The van der Waals surface area contributed by atoms with Gasteiger partial charge in [-0.3, -0.25) is 4.98 Å². The van der Waals surface area contributed by atoms with Crippen molar-refractivity contribution in [2.75, 3.05) is 0 Å². The molecule has 1 N–H and O–H groups in total. The lowest BCUT2D eigenvalue weighted by atomic mass is 10.1. The maximum Gasteiger partial charge on any atom is 0.121 e. The zero-order valence-electron chi connectivity index (χ0n) is 8.69. The first-order chi connectivity index (χ1) is 7.72. The van der Waals surface area contributed by atoms with Gasteiger partial charge in [0, 0.05) is 23.7 Å². The fraction of sp³-hybridized carbons (Fsp3) is 0.0833. The first-order valence-electron chi connectivity index (χ1n) is 4.77. The van der Waals surface area contributed by atoms with Gasteiger partial charge >= 0.3 is 0 Å². The summed E-state index contributed by atoms with van der Waals surface area (Å²) in [4.78, 5) is 7.08. The number of aryl methyl sites for hydroxylation is 1. The second-order valence-electron chi connectivity index (χ2n) is 3.42. The lowest BCUT2D eigenvalue weighted by molar-refractivity contribution is 1.22. The Kier molecular flexibility index (Phi) is 2.80.